The largest absolute Gasteiger partial charge is 0.497 e. The van der Waals surface area contributed by atoms with Crippen molar-refractivity contribution in [3.05, 3.63) is 107 Å². The monoisotopic (exact) mass is 779 g/mol. The Labute approximate surface area is 334 Å². The van der Waals surface area contributed by atoms with E-state index < -0.39 is 6.03 Å². The van der Waals surface area contributed by atoms with Gasteiger partial charge in [-0.05, 0) is 59.0 Å². The number of hydrogen-bond donors (Lipinski definition) is 2. The van der Waals surface area contributed by atoms with Crippen molar-refractivity contribution in [3.63, 3.8) is 0 Å². The molecule has 2 N–H and O–H groups in total. The summed E-state index contributed by atoms with van der Waals surface area (Å²) in [6.07, 6.45) is 2.53. The first-order valence-electron chi connectivity index (χ1n) is 19.0. The Hall–Kier alpha value is -5.69. The second kappa shape index (κ2) is 20.5. The van der Waals surface area contributed by atoms with Crippen LogP contribution >= 0.6 is 0 Å². The lowest BCUT2D eigenvalue weighted by Gasteiger charge is -2.23. The zero-order valence-electron chi connectivity index (χ0n) is 33.9. The zero-order chi connectivity index (χ0) is 40.8. The summed E-state index contributed by atoms with van der Waals surface area (Å²) in [7, 11) is 4.75. The molecular weight excluding hydrogens is 727 g/mol. The molecule has 4 aromatic carbocycles. The molecule has 0 radical (unpaired) electrons. The van der Waals surface area contributed by atoms with Gasteiger partial charge in [0.15, 0.2) is 11.5 Å². The average molecular weight is 780 g/mol. The Morgan fingerprint density at radius 3 is 2.11 bits per heavy atom. The van der Waals surface area contributed by atoms with Gasteiger partial charge in [0, 0.05) is 54.7 Å². The summed E-state index contributed by atoms with van der Waals surface area (Å²) in [6, 6.07) is 24.0. The normalized spacial score (nSPS) is 11.3. The summed E-state index contributed by atoms with van der Waals surface area (Å²) in [5.41, 5.74) is 3.80. The lowest BCUT2D eigenvalue weighted by molar-refractivity contribution is 0.0179. The van der Waals surface area contributed by atoms with Crippen molar-refractivity contribution in [1.29, 1.82) is 0 Å². The fourth-order valence-corrected chi connectivity index (χ4v) is 6.09. The number of urea groups is 1. The van der Waals surface area contributed by atoms with Crippen LogP contribution in [0, 0.1) is 0 Å². The maximum atomic E-state index is 13.5. The zero-order valence-corrected chi connectivity index (χ0v) is 33.9. The molecule has 0 saturated heterocycles. The van der Waals surface area contributed by atoms with E-state index in [1.807, 2.05) is 66.7 Å². The van der Waals surface area contributed by atoms with Crippen molar-refractivity contribution >= 4 is 34.0 Å². The van der Waals surface area contributed by atoms with Crippen LogP contribution < -0.4 is 29.6 Å². The van der Waals surface area contributed by atoms with E-state index >= 15 is 0 Å². The third-order valence-corrected chi connectivity index (χ3v) is 9.04. The molecular formula is C45H53N3O9. The van der Waals surface area contributed by atoms with Crippen LogP contribution in [0.2, 0.25) is 0 Å². The summed E-state index contributed by atoms with van der Waals surface area (Å²) in [5.74, 6) is 2.81. The first kappa shape index (κ1) is 42.5. The summed E-state index contributed by atoms with van der Waals surface area (Å²) >= 11 is 0. The number of carbonyl (C=O) groups excluding carboxylic acids is 2. The third kappa shape index (κ3) is 11.9. The lowest BCUT2D eigenvalue weighted by atomic mass is 9.85. The number of anilines is 2. The van der Waals surface area contributed by atoms with Gasteiger partial charge >= 0.3 is 6.03 Å². The number of hydrogen-bond acceptors (Lipinski definition) is 10. The smallest absolute Gasteiger partial charge is 0.323 e. The number of ketones is 1. The molecule has 0 aliphatic heterocycles. The number of carbonyl (C=O) groups is 2. The van der Waals surface area contributed by atoms with Crippen LogP contribution in [0.15, 0.2) is 85.1 Å². The maximum Gasteiger partial charge on any atom is 0.323 e. The number of amides is 2. The second-order valence-corrected chi connectivity index (χ2v) is 14.2. The van der Waals surface area contributed by atoms with Gasteiger partial charge in [0.05, 0.1) is 64.2 Å². The molecule has 0 bridgehead atoms. The van der Waals surface area contributed by atoms with Crippen LogP contribution in [0.1, 0.15) is 61.3 Å². The number of rotatable bonds is 20. The van der Waals surface area contributed by atoms with Gasteiger partial charge in [0.2, 0.25) is 0 Å². The minimum absolute atomic E-state index is 0.0712. The van der Waals surface area contributed by atoms with E-state index in [4.69, 9.17) is 33.2 Å². The van der Waals surface area contributed by atoms with E-state index in [0.717, 1.165) is 27.6 Å². The third-order valence-electron chi connectivity index (χ3n) is 9.04. The number of nitrogens with one attached hydrogen (secondary N) is 2. The highest BCUT2D eigenvalue weighted by atomic mass is 16.6. The average Bonchev–Trinajstić information content (AvgIpc) is 3.20. The fraction of sp³-hybridized carbons (Fsp3) is 0.356. The van der Waals surface area contributed by atoms with Crippen LogP contribution in [0.5, 0.6) is 28.7 Å². The number of aromatic nitrogens is 1. The van der Waals surface area contributed by atoms with Gasteiger partial charge in [-0.3, -0.25) is 9.78 Å². The van der Waals surface area contributed by atoms with Crippen LogP contribution in [-0.4, -0.2) is 77.8 Å². The molecule has 0 unspecified atom stereocenters. The summed E-state index contributed by atoms with van der Waals surface area (Å²) in [5, 5.41) is 7.49. The molecule has 0 aliphatic carbocycles. The summed E-state index contributed by atoms with van der Waals surface area (Å²) in [4.78, 5) is 31.0. The fourth-order valence-electron chi connectivity index (χ4n) is 6.09. The molecule has 1 aromatic heterocycles. The van der Waals surface area contributed by atoms with Gasteiger partial charge in [-0.25, -0.2) is 4.79 Å². The molecule has 12 heteroatoms. The maximum absolute atomic E-state index is 13.5. The van der Waals surface area contributed by atoms with Crippen molar-refractivity contribution < 1.29 is 42.7 Å². The molecule has 5 aromatic rings. The Balaban J connectivity index is 1.27. The number of fused-ring (bicyclic) bond motifs is 1. The van der Waals surface area contributed by atoms with E-state index in [2.05, 4.69) is 36.4 Å². The minimum atomic E-state index is -0.481. The van der Waals surface area contributed by atoms with Crippen molar-refractivity contribution in [2.45, 2.75) is 46.0 Å². The van der Waals surface area contributed by atoms with Crippen molar-refractivity contribution in [3.8, 4) is 28.7 Å². The quantitative estimate of drug-likeness (QED) is 0.0581. The number of methoxy groups -OCH3 is 3. The van der Waals surface area contributed by atoms with E-state index in [9.17, 15) is 9.59 Å². The Morgan fingerprint density at radius 1 is 0.702 bits per heavy atom. The van der Waals surface area contributed by atoms with E-state index in [-0.39, 0.29) is 11.2 Å². The summed E-state index contributed by atoms with van der Waals surface area (Å²) in [6.45, 7) is 10.8. The number of benzene rings is 4. The highest BCUT2D eigenvalue weighted by Crippen LogP contribution is 2.38. The molecule has 1 heterocycles. The van der Waals surface area contributed by atoms with E-state index in [1.165, 1.54) is 7.11 Å². The molecule has 302 valence electrons. The summed E-state index contributed by atoms with van der Waals surface area (Å²) < 4.78 is 39.6. The van der Waals surface area contributed by atoms with E-state index in [0.29, 0.717) is 98.2 Å². The predicted molar refractivity (Wildman–Crippen MR) is 222 cm³/mol. The molecule has 2 amide bonds. The number of nitrogens with zero attached hydrogens (tertiary/aromatic N) is 1. The molecule has 0 fully saturated rings. The van der Waals surface area contributed by atoms with Crippen LogP contribution in [-0.2, 0) is 26.0 Å². The van der Waals surface area contributed by atoms with Gasteiger partial charge in [0.25, 0.3) is 0 Å². The van der Waals surface area contributed by atoms with Gasteiger partial charge in [-0.15, -0.1) is 0 Å². The Morgan fingerprint density at radius 2 is 1.40 bits per heavy atom. The van der Waals surface area contributed by atoms with Crippen LogP contribution in [0.4, 0.5) is 16.2 Å². The minimum Gasteiger partial charge on any atom is -0.497 e. The molecule has 0 saturated carbocycles. The van der Waals surface area contributed by atoms with Crippen LogP contribution in [0.3, 0.4) is 0 Å². The number of pyridine rings is 1. The topological polar surface area (TPSA) is 136 Å². The second-order valence-electron chi connectivity index (χ2n) is 14.2. The van der Waals surface area contributed by atoms with Gasteiger partial charge in [0.1, 0.15) is 29.6 Å². The standard InChI is InChI=1S/C45H53N3O9/c1-8-41(49)38-26-31(45(2,3)4)27-40(43(38)53-7)48-44(50)47-39-13-14-42(37-12-10-9-11-36(37)39)57-33-15-16-46-32(28-33)23-30-24-34(52-6)29-35(25-30)56-22-21-55-20-19-54-18-17-51-5/h9-16,24-29H,8,17-23H2,1-7H3,(H2,47,48,50). The van der Waals surface area contributed by atoms with Crippen LogP contribution in [0.25, 0.3) is 10.8 Å². The van der Waals surface area contributed by atoms with Gasteiger partial charge < -0.3 is 43.8 Å². The molecule has 0 aliphatic rings. The highest BCUT2D eigenvalue weighted by molar-refractivity contribution is 6.09. The Bertz CT molecular complexity index is 2130. The predicted octanol–water partition coefficient (Wildman–Crippen LogP) is 9.23. The van der Waals surface area contributed by atoms with Crippen molar-refractivity contribution in [2.75, 3.05) is 71.6 Å². The molecule has 5 rings (SSSR count). The highest BCUT2D eigenvalue weighted by Gasteiger charge is 2.23. The van der Waals surface area contributed by atoms with Gasteiger partial charge in [-0.1, -0.05) is 52.0 Å². The van der Waals surface area contributed by atoms with Crippen molar-refractivity contribution in [2.24, 2.45) is 0 Å². The molecule has 57 heavy (non-hydrogen) atoms. The Kier molecular flexibility index (Phi) is 15.2. The molecule has 12 nitrogen and oxygen atoms in total. The first-order chi connectivity index (χ1) is 27.5. The van der Waals surface area contributed by atoms with E-state index in [1.54, 1.807) is 39.5 Å². The first-order valence-corrected chi connectivity index (χ1v) is 19.0. The molecule has 0 atom stereocenters. The van der Waals surface area contributed by atoms with Crippen molar-refractivity contribution in [1.82, 2.24) is 4.98 Å². The van der Waals surface area contributed by atoms with Gasteiger partial charge in [-0.2, -0.15) is 0 Å². The molecule has 0 spiro atoms. The number of ether oxygens (including phenoxy) is 7. The SMILES string of the molecule is CCC(=O)c1cc(C(C)(C)C)cc(NC(=O)Nc2ccc(Oc3ccnc(Cc4cc(OC)cc(OCCOCCOCCOC)c4)c3)c3ccccc23)c1OC. The lowest BCUT2D eigenvalue weighted by Crippen LogP contribution is -2.22. The number of Topliss-reactive ketones (excluding diaryl/α,β-unsaturated/α-hetero) is 1.